The van der Waals surface area contributed by atoms with Crippen molar-refractivity contribution in [3.8, 4) is 11.5 Å². The van der Waals surface area contributed by atoms with E-state index in [9.17, 15) is 9.18 Å². The van der Waals surface area contributed by atoms with Crippen LogP contribution in [0.15, 0.2) is 24.4 Å². The lowest BCUT2D eigenvalue weighted by Crippen LogP contribution is -2.19. The first-order valence-corrected chi connectivity index (χ1v) is 8.04. The van der Waals surface area contributed by atoms with Gasteiger partial charge in [0, 0.05) is 25.2 Å². The van der Waals surface area contributed by atoms with Crippen molar-refractivity contribution in [1.82, 2.24) is 14.6 Å². The minimum atomic E-state index is -0.735. The first kappa shape index (κ1) is 16.7. The second-order valence-corrected chi connectivity index (χ2v) is 5.66. The van der Waals surface area contributed by atoms with Crippen LogP contribution in [-0.2, 0) is 0 Å². The number of hydrogen-bond donors (Lipinski definition) is 4. The van der Waals surface area contributed by atoms with Gasteiger partial charge in [0.25, 0.3) is 0 Å². The van der Waals surface area contributed by atoms with E-state index in [1.807, 2.05) is 0 Å². The molecule has 10 nitrogen and oxygen atoms in total. The molecule has 2 amide bonds. The molecule has 0 fully saturated rings. The summed E-state index contributed by atoms with van der Waals surface area (Å²) in [6, 6.07) is 3.49. The molecule has 0 saturated heterocycles. The van der Waals surface area contributed by atoms with Crippen LogP contribution in [0.4, 0.5) is 32.2 Å². The van der Waals surface area contributed by atoms with Crippen molar-refractivity contribution in [1.29, 1.82) is 0 Å². The lowest BCUT2D eigenvalue weighted by molar-refractivity contribution is 0.172. The number of nitrogens with two attached hydrogens (primary N) is 1. The smallest absolute Gasteiger partial charge is 0.316 e. The molecule has 0 atom stereocenters. The summed E-state index contributed by atoms with van der Waals surface area (Å²) in [7, 11) is 1.71. The van der Waals surface area contributed by atoms with Crippen molar-refractivity contribution in [3.05, 3.63) is 30.2 Å². The van der Waals surface area contributed by atoms with Crippen LogP contribution in [0.25, 0.3) is 5.65 Å². The van der Waals surface area contributed by atoms with Gasteiger partial charge in [-0.15, -0.1) is 0 Å². The summed E-state index contributed by atoms with van der Waals surface area (Å²) >= 11 is 0. The van der Waals surface area contributed by atoms with Gasteiger partial charge in [-0.05, 0) is 0 Å². The Morgan fingerprint density at radius 2 is 2.07 bits per heavy atom. The number of rotatable bonds is 4. The normalized spacial score (nSPS) is 12.7. The highest BCUT2D eigenvalue weighted by Crippen LogP contribution is 2.40. The summed E-state index contributed by atoms with van der Waals surface area (Å²) in [5, 5.41) is 12.6. The van der Waals surface area contributed by atoms with E-state index >= 15 is 0 Å². The van der Waals surface area contributed by atoms with E-state index in [0.717, 1.165) is 0 Å². The van der Waals surface area contributed by atoms with Crippen LogP contribution in [-0.4, -0.2) is 40.9 Å². The van der Waals surface area contributed by atoms with Crippen molar-refractivity contribution in [2.45, 2.75) is 0 Å². The number of anilines is 4. The second-order valence-electron chi connectivity index (χ2n) is 5.66. The summed E-state index contributed by atoms with van der Waals surface area (Å²) in [4.78, 5) is 15.6. The first-order chi connectivity index (χ1) is 13.0. The third-order valence-electron chi connectivity index (χ3n) is 3.86. The summed E-state index contributed by atoms with van der Waals surface area (Å²) in [5.74, 6) is 1.21. The number of fused-ring (bicyclic) bond motifs is 2. The number of nitrogens with zero attached hydrogens (tertiary/aromatic N) is 3. The largest absolute Gasteiger partial charge is 0.486 e. The fourth-order valence-electron chi connectivity index (χ4n) is 2.78. The first-order valence-electron chi connectivity index (χ1n) is 8.04. The standard InChI is InChI=1S/C16H16FN7O3/c1-19-13-6-12(23-15-10(22-16(18)25)7-20-24(13)15)21-9-4-8(17)5-11-14(9)27-3-2-26-11/h4-7,19H,2-3H2,1H3,(H,21,23)(H3,18,22,25). The van der Waals surface area contributed by atoms with Crippen molar-refractivity contribution in [3.63, 3.8) is 0 Å². The summed E-state index contributed by atoms with van der Waals surface area (Å²) in [6.07, 6.45) is 1.43. The SMILES string of the molecule is CNc1cc(Nc2cc(F)cc3c2OCCO3)nc2c(NC(N)=O)cnn12. The number of benzene rings is 1. The third kappa shape index (κ3) is 3.10. The van der Waals surface area contributed by atoms with E-state index in [1.54, 1.807) is 13.1 Å². The van der Waals surface area contributed by atoms with Crippen LogP contribution in [0.1, 0.15) is 0 Å². The molecule has 0 spiro atoms. The molecule has 3 heterocycles. The molecule has 0 radical (unpaired) electrons. The molecule has 3 aromatic rings. The van der Waals surface area contributed by atoms with Gasteiger partial charge in [-0.1, -0.05) is 0 Å². The lowest BCUT2D eigenvalue weighted by Gasteiger charge is -2.21. The molecule has 11 heteroatoms. The number of halogens is 1. The van der Waals surface area contributed by atoms with Crippen LogP contribution in [0.2, 0.25) is 0 Å². The molecule has 0 aliphatic carbocycles. The molecule has 1 aliphatic rings. The Kier molecular flexibility index (Phi) is 4.03. The number of carbonyl (C=O) groups excluding carboxylic acids is 1. The zero-order valence-electron chi connectivity index (χ0n) is 14.2. The van der Waals surface area contributed by atoms with E-state index in [1.165, 1.54) is 22.8 Å². The van der Waals surface area contributed by atoms with Gasteiger partial charge in [-0.3, -0.25) is 0 Å². The number of primary amides is 1. The van der Waals surface area contributed by atoms with Gasteiger partial charge in [-0.2, -0.15) is 9.61 Å². The lowest BCUT2D eigenvalue weighted by atomic mass is 10.2. The van der Waals surface area contributed by atoms with Gasteiger partial charge in [0.05, 0.1) is 11.9 Å². The van der Waals surface area contributed by atoms with Crippen molar-refractivity contribution >= 4 is 34.7 Å². The average molecular weight is 373 g/mol. The Balaban J connectivity index is 1.78. The van der Waals surface area contributed by atoms with E-state index < -0.39 is 11.8 Å². The zero-order chi connectivity index (χ0) is 19.0. The van der Waals surface area contributed by atoms with Crippen LogP contribution >= 0.6 is 0 Å². The fraction of sp³-hybridized carbons (Fsp3) is 0.188. The van der Waals surface area contributed by atoms with Crippen LogP contribution in [0, 0.1) is 5.82 Å². The zero-order valence-corrected chi connectivity index (χ0v) is 14.2. The Morgan fingerprint density at radius 1 is 1.26 bits per heavy atom. The van der Waals surface area contributed by atoms with Gasteiger partial charge in [0.2, 0.25) is 0 Å². The van der Waals surface area contributed by atoms with Crippen LogP contribution in [0.3, 0.4) is 0 Å². The van der Waals surface area contributed by atoms with Crippen molar-refractivity contribution in [2.75, 3.05) is 36.2 Å². The number of amides is 2. The highest BCUT2D eigenvalue weighted by Gasteiger charge is 2.19. The molecule has 2 aromatic heterocycles. The van der Waals surface area contributed by atoms with Gasteiger partial charge in [0.1, 0.15) is 36.4 Å². The van der Waals surface area contributed by atoms with Gasteiger partial charge >= 0.3 is 6.03 Å². The molecular formula is C16H16FN7O3. The maximum Gasteiger partial charge on any atom is 0.316 e. The van der Waals surface area contributed by atoms with Crippen LogP contribution in [0.5, 0.6) is 11.5 Å². The number of aromatic nitrogens is 3. The van der Waals surface area contributed by atoms with E-state index in [0.29, 0.717) is 53.4 Å². The summed E-state index contributed by atoms with van der Waals surface area (Å²) in [6.45, 7) is 0.707. The Labute approximate surface area is 152 Å². The maximum absolute atomic E-state index is 13.9. The molecule has 0 saturated carbocycles. The predicted molar refractivity (Wildman–Crippen MR) is 96.4 cm³/mol. The number of urea groups is 1. The van der Waals surface area contributed by atoms with Crippen LogP contribution < -0.4 is 31.2 Å². The molecule has 0 unspecified atom stereocenters. The maximum atomic E-state index is 13.9. The predicted octanol–water partition coefficient (Wildman–Crippen LogP) is 1.92. The molecular weight excluding hydrogens is 357 g/mol. The molecule has 140 valence electrons. The van der Waals surface area contributed by atoms with E-state index in [-0.39, 0.29) is 0 Å². The average Bonchev–Trinajstić information content (AvgIpc) is 3.03. The van der Waals surface area contributed by atoms with Gasteiger partial charge < -0.3 is 31.2 Å². The summed E-state index contributed by atoms with van der Waals surface area (Å²) < 4.78 is 26.5. The summed E-state index contributed by atoms with van der Waals surface area (Å²) in [5.41, 5.74) is 6.24. The van der Waals surface area contributed by atoms with Crippen molar-refractivity contribution in [2.24, 2.45) is 5.73 Å². The molecule has 0 bridgehead atoms. The van der Waals surface area contributed by atoms with Crippen molar-refractivity contribution < 1.29 is 18.7 Å². The monoisotopic (exact) mass is 373 g/mol. The molecule has 27 heavy (non-hydrogen) atoms. The Hall–Kier alpha value is -3.76. The minimum absolute atomic E-state index is 0.319. The number of nitrogens with one attached hydrogen (secondary N) is 3. The topological polar surface area (TPSA) is 128 Å². The number of ether oxygens (including phenoxy) is 2. The van der Waals surface area contributed by atoms with Gasteiger partial charge in [0.15, 0.2) is 17.1 Å². The number of carbonyl (C=O) groups is 1. The molecule has 1 aromatic carbocycles. The molecule has 5 N–H and O–H groups in total. The van der Waals surface area contributed by atoms with E-state index in [2.05, 4.69) is 26.0 Å². The van der Waals surface area contributed by atoms with E-state index in [4.69, 9.17) is 15.2 Å². The third-order valence-corrected chi connectivity index (χ3v) is 3.86. The highest BCUT2D eigenvalue weighted by atomic mass is 19.1. The highest BCUT2D eigenvalue weighted by molar-refractivity contribution is 5.92. The Bertz CT molecular complexity index is 1040. The second kappa shape index (κ2) is 6.52. The Morgan fingerprint density at radius 3 is 2.85 bits per heavy atom. The quantitative estimate of drug-likeness (QED) is 0.550. The fourth-order valence-corrected chi connectivity index (χ4v) is 2.78. The minimum Gasteiger partial charge on any atom is -0.486 e. The molecule has 4 rings (SSSR count). The molecule has 1 aliphatic heterocycles. The number of hydrogen-bond acceptors (Lipinski definition) is 7. The van der Waals surface area contributed by atoms with Gasteiger partial charge in [-0.25, -0.2) is 14.2 Å².